The smallest absolute Gasteiger partial charge is 0.136 e. The molecule has 0 atom stereocenters. The van der Waals surface area contributed by atoms with E-state index in [0.29, 0.717) is 0 Å². The molecule has 0 N–H and O–H groups in total. The molecule has 5 aromatic rings. The summed E-state index contributed by atoms with van der Waals surface area (Å²) >= 11 is 0. The first-order chi connectivity index (χ1) is 14.4. The van der Waals surface area contributed by atoms with Crippen LogP contribution in [0.3, 0.4) is 0 Å². The van der Waals surface area contributed by atoms with E-state index in [4.69, 9.17) is 0 Å². The molecule has 0 aliphatic heterocycles. The fourth-order valence-electron chi connectivity index (χ4n) is 3.84. The average molecular weight is 410 g/mol. The van der Waals surface area contributed by atoms with Crippen molar-refractivity contribution in [3.05, 3.63) is 121 Å². The monoisotopic (exact) mass is 410 g/mol. The fraction of sp³-hybridized carbons (Fsp3) is 0. The SMILES string of the molecule is [Na+].c1ccc(-c2p[c-](-c3ccccc3)c(-c3ccccc3)c2-c2ccccc2)cc1. The van der Waals surface area contributed by atoms with Crippen LogP contribution in [0, 0.1) is 0 Å². The molecule has 5 rings (SSSR count). The molecule has 1 heterocycles. The Kier molecular flexibility index (Phi) is 6.72. The normalized spacial score (nSPS) is 10.7. The van der Waals surface area contributed by atoms with Crippen molar-refractivity contribution in [1.29, 1.82) is 0 Å². The van der Waals surface area contributed by atoms with Gasteiger partial charge in [-0.3, -0.25) is 0 Å². The summed E-state index contributed by atoms with van der Waals surface area (Å²) in [6.07, 6.45) is 0. The van der Waals surface area contributed by atoms with Crippen LogP contribution in [-0.4, -0.2) is 0 Å². The maximum Gasteiger partial charge on any atom is 1.00 e. The van der Waals surface area contributed by atoms with Crippen LogP contribution < -0.4 is 29.6 Å². The van der Waals surface area contributed by atoms with Gasteiger partial charge in [0.05, 0.1) is 0 Å². The van der Waals surface area contributed by atoms with Gasteiger partial charge < -0.3 is 0 Å². The van der Waals surface area contributed by atoms with Gasteiger partial charge in [-0.1, -0.05) is 148 Å². The zero-order chi connectivity index (χ0) is 19.5. The number of rotatable bonds is 4. The second-order valence-corrected chi connectivity index (χ2v) is 8.14. The molecular weight excluding hydrogens is 390 g/mol. The minimum absolute atomic E-state index is 0. The van der Waals surface area contributed by atoms with Gasteiger partial charge in [-0.25, -0.2) is 0 Å². The van der Waals surface area contributed by atoms with E-state index >= 15 is 0 Å². The van der Waals surface area contributed by atoms with Crippen molar-refractivity contribution in [2.75, 3.05) is 0 Å². The summed E-state index contributed by atoms with van der Waals surface area (Å²) in [4.78, 5) is 0. The van der Waals surface area contributed by atoms with E-state index in [1.54, 1.807) is 0 Å². The van der Waals surface area contributed by atoms with Crippen LogP contribution in [0.5, 0.6) is 0 Å². The van der Waals surface area contributed by atoms with E-state index < -0.39 is 0 Å². The predicted molar refractivity (Wildman–Crippen MR) is 126 cm³/mol. The molecule has 4 aromatic carbocycles. The van der Waals surface area contributed by atoms with Crippen LogP contribution in [-0.2, 0) is 0 Å². The Balaban J connectivity index is 0.00000218. The summed E-state index contributed by atoms with van der Waals surface area (Å²) in [5.74, 6) is 0. The van der Waals surface area contributed by atoms with Gasteiger partial charge in [0.15, 0.2) is 0 Å². The van der Waals surface area contributed by atoms with Gasteiger partial charge in [0.25, 0.3) is 0 Å². The van der Waals surface area contributed by atoms with Crippen LogP contribution in [0.1, 0.15) is 0 Å². The summed E-state index contributed by atoms with van der Waals surface area (Å²) < 4.78 is 0. The van der Waals surface area contributed by atoms with Crippen molar-refractivity contribution in [3.63, 3.8) is 0 Å². The second-order valence-electron chi connectivity index (χ2n) is 7.02. The van der Waals surface area contributed by atoms with Crippen LogP contribution in [0.15, 0.2) is 121 Å². The molecule has 30 heavy (non-hydrogen) atoms. The Morgan fingerprint density at radius 2 is 0.900 bits per heavy atom. The maximum atomic E-state index is 2.23. The third-order valence-electron chi connectivity index (χ3n) is 5.17. The van der Waals surface area contributed by atoms with Crippen molar-refractivity contribution in [3.8, 4) is 44.0 Å². The predicted octanol–water partition coefficient (Wildman–Crippen LogP) is 5.66. The standard InChI is InChI=1S/C28H20P.Na/c1-5-13-21(14-6-1)25-26(22-15-7-2-8-16-22)28(24-19-11-4-12-20-24)29-27(25)23-17-9-3-10-18-23;/h1-20H;/q-1;+1. The first-order valence-corrected chi connectivity index (χ1v) is 10.7. The van der Waals surface area contributed by atoms with Crippen LogP contribution in [0.4, 0.5) is 0 Å². The van der Waals surface area contributed by atoms with E-state index in [1.807, 2.05) is 0 Å². The third kappa shape index (κ3) is 4.10. The van der Waals surface area contributed by atoms with Crippen molar-refractivity contribution in [2.24, 2.45) is 0 Å². The van der Waals surface area contributed by atoms with Crippen LogP contribution in [0.2, 0.25) is 0 Å². The minimum Gasteiger partial charge on any atom is -0.136 e. The second kappa shape index (κ2) is 9.65. The Hall–Kier alpha value is -2.34. The third-order valence-corrected chi connectivity index (χ3v) is 6.58. The maximum absolute atomic E-state index is 2.23. The summed E-state index contributed by atoms with van der Waals surface area (Å²) in [6, 6.07) is 43.2. The van der Waals surface area contributed by atoms with Crippen molar-refractivity contribution in [2.45, 2.75) is 0 Å². The minimum atomic E-state index is 0. The molecule has 1 aromatic heterocycles. The first kappa shape index (κ1) is 20.9. The summed E-state index contributed by atoms with van der Waals surface area (Å²) in [5, 5.41) is 2.74. The number of benzene rings is 4. The van der Waals surface area contributed by atoms with Gasteiger partial charge in [0.1, 0.15) is 0 Å². The molecule has 2 heteroatoms. The molecule has 0 fully saturated rings. The molecule has 0 bridgehead atoms. The van der Waals surface area contributed by atoms with Gasteiger partial charge in [-0.2, -0.15) is 0 Å². The molecule has 0 saturated heterocycles. The molecule has 0 aliphatic rings. The molecular formula is C28H20NaP. The number of hydrogen-bond acceptors (Lipinski definition) is 0. The fourth-order valence-corrected chi connectivity index (χ4v) is 5.33. The van der Waals surface area contributed by atoms with Crippen LogP contribution >= 0.6 is 8.19 Å². The molecule has 138 valence electrons. The summed E-state index contributed by atoms with van der Waals surface area (Å²) in [6.45, 7) is 0. The van der Waals surface area contributed by atoms with Crippen molar-refractivity contribution in [1.82, 2.24) is 0 Å². The van der Waals surface area contributed by atoms with E-state index in [1.165, 1.54) is 52.2 Å². The molecule has 0 amide bonds. The Morgan fingerprint density at radius 3 is 1.43 bits per heavy atom. The summed E-state index contributed by atoms with van der Waals surface area (Å²) in [5.41, 5.74) is 7.78. The van der Waals surface area contributed by atoms with Crippen molar-refractivity contribution >= 4 is 8.19 Å². The van der Waals surface area contributed by atoms with E-state index in [9.17, 15) is 0 Å². The van der Waals surface area contributed by atoms with Gasteiger partial charge in [0, 0.05) is 0 Å². The average Bonchev–Trinajstić information content (AvgIpc) is 3.22. The zero-order valence-electron chi connectivity index (χ0n) is 17.0. The van der Waals surface area contributed by atoms with Gasteiger partial charge >= 0.3 is 29.6 Å². The molecule has 0 spiro atoms. The Bertz CT molecular complexity index is 1110. The van der Waals surface area contributed by atoms with Gasteiger partial charge in [0.2, 0.25) is 0 Å². The Morgan fingerprint density at radius 1 is 0.467 bits per heavy atom. The molecule has 0 unspecified atom stereocenters. The largest absolute Gasteiger partial charge is 1.00 e. The quantitative estimate of drug-likeness (QED) is 0.265. The van der Waals surface area contributed by atoms with E-state index in [2.05, 4.69) is 121 Å². The molecule has 0 nitrogen and oxygen atoms in total. The summed E-state index contributed by atoms with van der Waals surface area (Å²) in [7, 11) is 1.25. The molecule has 0 radical (unpaired) electrons. The van der Waals surface area contributed by atoms with Gasteiger partial charge in [-0.15, -0.1) is 20.3 Å². The molecule has 0 saturated carbocycles. The molecule has 0 aliphatic carbocycles. The van der Waals surface area contributed by atoms with Gasteiger partial charge in [-0.05, 0) is 5.56 Å². The topological polar surface area (TPSA) is 0 Å². The van der Waals surface area contributed by atoms with E-state index in [0.717, 1.165) is 0 Å². The zero-order valence-corrected chi connectivity index (χ0v) is 19.9. The van der Waals surface area contributed by atoms with E-state index in [-0.39, 0.29) is 29.6 Å². The van der Waals surface area contributed by atoms with Crippen molar-refractivity contribution < 1.29 is 29.6 Å². The first-order valence-electron chi connectivity index (χ1n) is 9.84. The number of hydrogen-bond donors (Lipinski definition) is 0. The Labute approximate surface area is 202 Å². The van der Waals surface area contributed by atoms with Crippen LogP contribution in [0.25, 0.3) is 44.0 Å².